The van der Waals surface area contributed by atoms with E-state index in [1.165, 1.54) is 12.1 Å². The van der Waals surface area contributed by atoms with Gasteiger partial charge in [-0.05, 0) is 32.9 Å². The highest BCUT2D eigenvalue weighted by Gasteiger charge is 2.11. The molecule has 6 nitrogen and oxygen atoms in total. The fraction of sp³-hybridized carbons (Fsp3) is 0.444. The van der Waals surface area contributed by atoms with Crippen LogP contribution in [0.25, 0.3) is 0 Å². The molecule has 0 saturated carbocycles. The summed E-state index contributed by atoms with van der Waals surface area (Å²) in [5.41, 5.74) is 3.29. The van der Waals surface area contributed by atoms with Gasteiger partial charge in [-0.15, -0.1) is 24.0 Å². The molecule has 144 valence electrons. The van der Waals surface area contributed by atoms with Gasteiger partial charge in [0, 0.05) is 38.0 Å². The number of halogens is 2. The van der Waals surface area contributed by atoms with E-state index >= 15 is 0 Å². The third kappa shape index (κ3) is 6.15. The van der Waals surface area contributed by atoms with Crippen molar-refractivity contribution in [2.75, 3.05) is 13.6 Å². The van der Waals surface area contributed by atoms with Gasteiger partial charge >= 0.3 is 0 Å². The Kier molecular flexibility index (Phi) is 8.83. The Hall–Kier alpha value is -1.84. The normalized spacial score (nSPS) is 12.3. The molecule has 0 aliphatic rings. The van der Waals surface area contributed by atoms with Crippen LogP contribution in [0.2, 0.25) is 0 Å². The van der Waals surface area contributed by atoms with E-state index in [1.807, 2.05) is 32.5 Å². The van der Waals surface area contributed by atoms with Crippen molar-refractivity contribution in [3.63, 3.8) is 0 Å². The molecule has 0 radical (unpaired) electrons. The molecule has 0 fully saturated rings. The van der Waals surface area contributed by atoms with Crippen LogP contribution in [-0.2, 0) is 13.6 Å². The zero-order valence-corrected chi connectivity index (χ0v) is 18.2. The van der Waals surface area contributed by atoms with Gasteiger partial charge in [0.15, 0.2) is 5.96 Å². The Morgan fingerprint density at radius 3 is 2.65 bits per heavy atom. The molecule has 1 aromatic heterocycles. The first-order valence-corrected chi connectivity index (χ1v) is 8.26. The van der Waals surface area contributed by atoms with Gasteiger partial charge in [-0.25, -0.2) is 4.39 Å². The highest BCUT2D eigenvalue weighted by atomic mass is 127. The monoisotopic (exact) mass is 475 g/mol. The van der Waals surface area contributed by atoms with Crippen LogP contribution in [0.1, 0.15) is 23.9 Å². The second kappa shape index (κ2) is 10.3. The fourth-order valence-corrected chi connectivity index (χ4v) is 2.52. The number of aromatic nitrogens is 2. The molecule has 1 heterocycles. The first kappa shape index (κ1) is 22.2. The molecule has 1 unspecified atom stereocenters. The minimum Gasteiger partial charge on any atom is -0.489 e. The van der Waals surface area contributed by atoms with E-state index in [1.54, 1.807) is 19.2 Å². The average molecular weight is 475 g/mol. The van der Waals surface area contributed by atoms with E-state index < -0.39 is 0 Å². The van der Waals surface area contributed by atoms with Gasteiger partial charge in [0.1, 0.15) is 17.7 Å². The Morgan fingerprint density at radius 2 is 2.08 bits per heavy atom. The first-order valence-electron chi connectivity index (χ1n) is 8.26. The molecule has 0 aliphatic carbocycles. The van der Waals surface area contributed by atoms with Crippen molar-refractivity contribution >= 4 is 29.9 Å². The maximum atomic E-state index is 13.2. The number of nitrogens with zero attached hydrogens (tertiary/aromatic N) is 3. The van der Waals surface area contributed by atoms with E-state index in [0.717, 1.165) is 17.0 Å². The molecule has 8 heteroatoms. The summed E-state index contributed by atoms with van der Waals surface area (Å²) in [6.45, 7) is 7.14. The van der Waals surface area contributed by atoms with Gasteiger partial charge in [-0.1, -0.05) is 6.07 Å². The lowest BCUT2D eigenvalue weighted by Gasteiger charge is -2.18. The summed E-state index contributed by atoms with van der Waals surface area (Å²) < 4.78 is 20.8. The average Bonchev–Trinajstić information content (AvgIpc) is 2.80. The van der Waals surface area contributed by atoms with E-state index in [2.05, 4.69) is 20.7 Å². The van der Waals surface area contributed by atoms with Crippen molar-refractivity contribution in [2.45, 2.75) is 33.4 Å². The number of hydrogen-bond donors (Lipinski definition) is 2. The van der Waals surface area contributed by atoms with E-state index in [9.17, 15) is 4.39 Å². The lowest BCUT2D eigenvalue weighted by Crippen LogP contribution is -2.41. The number of ether oxygens (including phenoxy) is 1. The number of rotatable bonds is 6. The third-order valence-corrected chi connectivity index (χ3v) is 4.01. The van der Waals surface area contributed by atoms with Crippen molar-refractivity contribution in [3.8, 4) is 5.75 Å². The molecule has 2 aromatic rings. The molecule has 0 amide bonds. The largest absolute Gasteiger partial charge is 0.489 e. The molecule has 2 rings (SSSR count). The van der Waals surface area contributed by atoms with Crippen LogP contribution in [0.4, 0.5) is 4.39 Å². The van der Waals surface area contributed by atoms with Crippen molar-refractivity contribution in [1.29, 1.82) is 0 Å². The van der Waals surface area contributed by atoms with Crippen molar-refractivity contribution in [2.24, 2.45) is 12.0 Å². The van der Waals surface area contributed by atoms with Crippen molar-refractivity contribution in [3.05, 3.63) is 47.0 Å². The van der Waals surface area contributed by atoms with Crippen LogP contribution in [-0.4, -0.2) is 35.4 Å². The molecule has 1 atom stereocenters. The molecule has 0 spiro atoms. The zero-order valence-electron chi connectivity index (χ0n) is 15.8. The molecular weight excluding hydrogens is 448 g/mol. The number of benzene rings is 1. The topological polar surface area (TPSA) is 63.5 Å². The van der Waals surface area contributed by atoms with Crippen LogP contribution in [0.3, 0.4) is 0 Å². The summed E-state index contributed by atoms with van der Waals surface area (Å²) in [4.78, 5) is 4.21. The van der Waals surface area contributed by atoms with Gasteiger partial charge in [0.25, 0.3) is 0 Å². The maximum Gasteiger partial charge on any atom is 0.191 e. The molecule has 2 N–H and O–H groups in total. The van der Waals surface area contributed by atoms with Gasteiger partial charge < -0.3 is 15.4 Å². The first-order chi connectivity index (χ1) is 11.9. The SMILES string of the molecule is CN=C(NCc1c(C)nn(C)c1C)NCC(C)Oc1cccc(F)c1.I. The number of hydrogen-bond acceptors (Lipinski definition) is 3. The summed E-state index contributed by atoms with van der Waals surface area (Å²) in [6.07, 6.45) is -0.137. The van der Waals surface area contributed by atoms with Crippen molar-refractivity contribution < 1.29 is 9.13 Å². The Bertz CT molecular complexity index is 747. The minimum atomic E-state index is -0.308. The summed E-state index contributed by atoms with van der Waals surface area (Å²) in [6, 6.07) is 6.13. The highest BCUT2D eigenvalue weighted by molar-refractivity contribution is 14.0. The third-order valence-electron chi connectivity index (χ3n) is 4.01. The number of aryl methyl sites for hydroxylation is 2. The van der Waals surface area contributed by atoms with Crippen LogP contribution in [0.5, 0.6) is 5.75 Å². The van der Waals surface area contributed by atoms with Crippen molar-refractivity contribution in [1.82, 2.24) is 20.4 Å². The molecular formula is C18H27FIN5O. The van der Waals surface area contributed by atoms with Gasteiger partial charge in [-0.2, -0.15) is 5.10 Å². The quantitative estimate of drug-likeness (QED) is 0.383. The van der Waals surface area contributed by atoms with Gasteiger partial charge in [-0.3, -0.25) is 9.67 Å². The Morgan fingerprint density at radius 1 is 1.35 bits per heavy atom. The highest BCUT2D eigenvalue weighted by Crippen LogP contribution is 2.13. The second-order valence-electron chi connectivity index (χ2n) is 5.97. The lowest BCUT2D eigenvalue weighted by atomic mass is 10.2. The molecule has 0 bridgehead atoms. The molecule has 1 aromatic carbocycles. The summed E-state index contributed by atoms with van der Waals surface area (Å²) in [7, 11) is 3.65. The summed E-state index contributed by atoms with van der Waals surface area (Å²) in [5, 5.41) is 10.9. The number of nitrogens with one attached hydrogen (secondary N) is 2. The lowest BCUT2D eigenvalue weighted by molar-refractivity contribution is 0.223. The van der Waals surface area contributed by atoms with Crippen LogP contribution < -0.4 is 15.4 Å². The van der Waals surface area contributed by atoms with Crippen LogP contribution in [0, 0.1) is 19.7 Å². The van der Waals surface area contributed by atoms with Gasteiger partial charge in [0.2, 0.25) is 0 Å². The maximum absolute atomic E-state index is 13.2. The second-order valence-corrected chi connectivity index (χ2v) is 5.97. The van der Waals surface area contributed by atoms with Crippen LogP contribution >= 0.6 is 24.0 Å². The van der Waals surface area contributed by atoms with Crippen LogP contribution in [0.15, 0.2) is 29.3 Å². The smallest absolute Gasteiger partial charge is 0.191 e. The molecule has 0 aliphatic heterocycles. The Labute approximate surface area is 171 Å². The minimum absolute atomic E-state index is 0. The van der Waals surface area contributed by atoms with E-state index in [4.69, 9.17) is 4.74 Å². The summed E-state index contributed by atoms with van der Waals surface area (Å²) >= 11 is 0. The van der Waals surface area contributed by atoms with Gasteiger partial charge in [0.05, 0.1) is 12.2 Å². The zero-order chi connectivity index (χ0) is 18.4. The van der Waals surface area contributed by atoms with E-state index in [0.29, 0.717) is 24.8 Å². The predicted octanol–water partition coefficient (Wildman–Crippen LogP) is 2.93. The predicted molar refractivity (Wildman–Crippen MR) is 113 cm³/mol. The fourth-order valence-electron chi connectivity index (χ4n) is 2.52. The molecule has 26 heavy (non-hydrogen) atoms. The molecule has 0 saturated heterocycles. The Balaban J connectivity index is 0.00000338. The van der Waals surface area contributed by atoms with E-state index in [-0.39, 0.29) is 35.9 Å². The number of aliphatic imine (C=N–C) groups is 1. The standard InChI is InChI=1S/C18H26FN5O.HI/c1-12(25-16-8-6-7-15(19)9-16)10-21-18(20-4)22-11-17-13(2)23-24(5)14(17)3;/h6-9,12H,10-11H2,1-5H3,(H2,20,21,22);1H. The number of guanidine groups is 1. The summed E-state index contributed by atoms with van der Waals surface area (Å²) in [5.74, 6) is 0.883.